The topological polar surface area (TPSA) is 55.8 Å². The van der Waals surface area contributed by atoms with Crippen molar-refractivity contribution >= 4 is 5.97 Å². The largest absolute Gasteiger partial charge is 0.496 e. The summed E-state index contributed by atoms with van der Waals surface area (Å²) in [6.45, 7) is 0. The van der Waals surface area contributed by atoms with E-state index in [4.69, 9.17) is 9.47 Å². The summed E-state index contributed by atoms with van der Waals surface area (Å²) >= 11 is 0. The molecule has 0 amide bonds. The second kappa shape index (κ2) is 6.50. The van der Waals surface area contributed by atoms with Gasteiger partial charge in [0.2, 0.25) is 0 Å². The molecule has 1 aromatic carbocycles. The fourth-order valence-corrected chi connectivity index (χ4v) is 3.22. The van der Waals surface area contributed by atoms with Crippen LogP contribution in [-0.4, -0.2) is 25.3 Å². The van der Waals surface area contributed by atoms with Crippen molar-refractivity contribution in [2.24, 2.45) is 0 Å². The molecular formula is C16H20F2O4. The smallest absolute Gasteiger partial charge is 0.314 e. The first-order valence-electron chi connectivity index (χ1n) is 7.24. The van der Waals surface area contributed by atoms with Crippen molar-refractivity contribution in [3.8, 4) is 11.5 Å². The van der Waals surface area contributed by atoms with Gasteiger partial charge in [0.05, 0.1) is 25.2 Å². The third-order valence-corrected chi connectivity index (χ3v) is 4.42. The van der Waals surface area contributed by atoms with Crippen LogP contribution in [0, 0.1) is 0 Å². The number of carbonyl (C=O) groups is 1. The van der Waals surface area contributed by atoms with Crippen LogP contribution in [0.4, 0.5) is 8.78 Å². The number of alkyl halides is 2. The maximum Gasteiger partial charge on any atom is 0.314 e. The number of carboxylic acid groups (broad SMARTS) is 1. The molecule has 4 nitrogen and oxygen atoms in total. The van der Waals surface area contributed by atoms with Gasteiger partial charge in [-0.05, 0) is 25.0 Å². The molecule has 0 heterocycles. The Kier molecular flexibility index (Phi) is 4.88. The molecule has 22 heavy (non-hydrogen) atoms. The van der Waals surface area contributed by atoms with Crippen LogP contribution in [0.3, 0.4) is 0 Å². The second-order valence-electron chi connectivity index (χ2n) is 5.54. The summed E-state index contributed by atoms with van der Waals surface area (Å²) in [5.74, 6) is -0.769. The van der Waals surface area contributed by atoms with Crippen molar-refractivity contribution in [1.29, 1.82) is 0 Å². The molecule has 2 rings (SSSR count). The number of benzene rings is 1. The lowest BCUT2D eigenvalue weighted by atomic mass is 9.69. The van der Waals surface area contributed by atoms with Gasteiger partial charge in [-0.2, -0.15) is 0 Å². The van der Waals surface area contributed by atoms with Crippen LogP contribution >= 0.6 is 0 Å². The molecule has 0 unspecified atom stereocenters. The molecule has 0 radical (unpaired) electrons. The predicted octanol–water partition coefficient (Wildman–Crippen LogP) is 3.93. The molecule has 0 bridgehead atoms. The number of hydrogen-bond acceptors (Lipinski definition) is 3. The fraction of sp³-hybridized carbons (Fsp3) is 0.562. The highest BCUT2D eigenvalue weighted by Gasteiger charge is 2.44. The molecule has 0 saturated heterocycles. The fourth-order valence-electron chi connectivity index (χ4n) is 3.22. The van der Waals surface area contributed by atoms with E-state index in [1.54, 1.807) is 0 Å². The highest BCUT2D eigenvalue weighted by Crippen LogP contribution is 2.46. The Balaban J connectivity index is 2.64. The van der Waals surface area contributed by atoms with Crippen molar-refractivity contribution < 1.29 is 28.2 Å². The molecule has 1 aliphatic carbocycles. The van der Waals surface area contributed by atoms with E-state index in [9.17, 15) is 18.7 Å². The third-order valence-electron chi connectivity index (χ3n) is 4.42. The van der Waals surface area contributed by atoms with Crippen molar-refractivity contribution in [3.05, 3.63) is 23.3 Å². The minimum Gasteiger partial charge on any atom is -0.496 e. The maximum atomic E-state index is 13.1. The standard InChI is InChI=1S/C16H20F2O4/c1-21-12-9-11(13(22-2)8-10(12)14(17)18)16(15(19)20)6-4-3-5-7-16/h8-9,14H,3-7H2,1-2H3,(H,19,20). The molecule has 1 fully saturated rings. The number of methoxy groups -OCH3 is 2. The summed E-state index contributed by atoms with van der Waals surface area (Å²) in [5.41, 5.74) is -0.972. The van der Waals surface area contributed by atoms with Crippen LogP contribution in [0.2, 0.25) is 0 Å². The highest BCUT2D eigenvalue weighted by atomic mass is 19.3. The number of aliphatic carboxylic acids is 1. The lowest BCUT2D eigenvalue weighted by Crippen LogP contribution is -2.38. The lowest BCUT2D eigenvalue weighted by molar-refractivity contribution is -0.145. The first-order valence-corrected chi connectivity index (χ1v) is 7.24. The second-order valence-corrected chi connectivity index (χ2v) is 5.54. The van der Waals surface area contributed by atoms with Gasteiger partial charge in [0, 0.05) is 5.56 Å². The zero-order valence-electron chi connectivity index (χ0n) is 12.7. The van der Waals surface area contributed by atoms with Gasteiger partial charge in [-0.1, -0.05) is 19.3 Å². The van der Waals surface area contributed by atoms with E-state index in [1.807, 2.05) is 0 Å². The van der Waals surface area contributed by atoms with Crippen molar-refractivity contribution in [3.63, 3.8) is 0 Å². The first kappa shape index (κ1) is 16.5. The summed E-state index contributed by atoms with van der Waals surface area (Å²) in [6, 6.07) is 2.60. The summed E-state index contributed by atoms with van der Waals surface area (Å²) in [4.78, 5) is 11.9. The Labute approximate surface area is 128 Å². The maximum absolute atomic E-state index is 13.1. The molecule has 6 heteroatoms. The molecule has 0 atom stereocenters. The van der Waals surface area contributed by atoms with Gasteiger partial charge in [0.1, 0.15) is 11.5 Å². The normalized spacial score (nSPS) is 17.3. The molecular weight excluding hydrogens is 294 g/mol. The van der Waals surface area contributed by atoms with E-state index in [1.165, 1.54) is 26.4 Å². The van der Waals surface area contributed by atoms with Gasteiger partial charge in [-0.3, -0.25) is 4.79 Å². The average molecular weight is 314 g/mol. The average Bonchev–Trinajstić information content (AvgIpc) is 2.53. The Morgan fingerprint density at radius 2 is 1.73 bits per heavy atom. The van der Waals surface area contributed by atoms with Crippen LogP contribution in [-0.2, 0) is 10.2 Å². The van der Waals surface area contributed by atoms with E-state index in [0.29, 0.717) is 18.4 Å². The highest BCUT2D eigenvalue weighted by molar-refractivity contribution is 5.83. The lowest BCUT2D eigenvalue weighted by Gasteiger charge is -2.35. The Hall–Kier alpha value is -1.85. The van der Waals surface area contributed by atoms with Crippen molar-refractivity contribution in [1.82, 2.24) is 0 Å². The van der Waals surface area contributed by atoms with Crippen LogP contribution in [0.5, 0.6) is 11.5 Å². The number of carboxylic acids is 1. The zero-order chi connectivity index (χ0) is 16.3. The number of ether oxygens (including phenoxy) is 2. The van der Waals surface area contributed by atoms with Crippen LogP contribution in [0.25, 0.3) is 0 Å². The SMILES string of the molecule is COc1cc(C2(C(=O)O)CCCCC2)c(OC)cc1C(F)F. The summed E-state index contributed by atoms with van der Waals surface area (Å²) in [7, 11) is 2.66. The molecule has 0 aromatic heterocycles. The summed E-state index contributed by atoms with van der Waals surface area (Å²) < 4.78 is 36.5. The van der Waals surface area contributed by atoms with Gasteiger partial charge in [-0.15, -0.1) is 0 Å². The molecule has 0 spiro atoms. The minimum atomic E-state index is -2.72. The van der Waals surface area contributed by atoms with Crippen LogP contribution in [0.15, 0.2) is 12.1 Å². The predicted molar refractivity (Wildman–Crippen MR) is 76.9 cm³/mol. The number of hydrogen-bond donors (Lipinski definition) is 1. The monoisotopic (exact) mass is 314 g/mol. The molecule has 1 N–H and O–H groups in total. The van der Waals surface area contributed by atoms with E-state index in [-0.39, 0.29) is 17.1 Å². The van der Waals surface area contributed by atoms with E-state index >= 15 is 0 Å². The minimum absolute atomic E-state index is 0.00278. The zero-order valence-corrected chi connectivity index (χ0v) is 12.7. The summed E-state index contributed by atoms with van der Waals surface area (Å²) in [6.07, 6.45) is 0.767. The van der Waals surface area contributed by atoms with E-state index in [2.05, 4.69) is 0 Å². The van der Waals surface area contributed by atoms with E-state index < -0.39 is 17.8 Å². The molecule has 1 saturated carbocycles. The van der Waals surface area contributed by atoms with Gasteiger partial charge in [0.25, 0.3) is 6.43 Å². The van der Waals surface area contributed by atoms with Crippen LogP contribution < -0.4 is 9.47 Å². The van der Waals surface area contributed by atoms with Gasteiger partial charge in [0.15, 0.2) is 0 Å². The molecule has 122 valence electrons. The summed E-state index contributed by atoms with van der Waals surface area (Å²) in [5, 5.41) is 9.76. The van der Waals surface area contributed by atoms with Crippen LogP contribution in [0.1, 0.15) is 49.7 Å². The number of rotatable bonds is 5. The first-order chi connectivity index (χ1) is 10.5. The molecule has 0 aliphatic heterocycles. The van der Waals surface area contributed by atoms with Gasteiger partial charge in [-0.25, -0.2) is 8.78 Å². The Morgan fingerprint density at radius 1 is 1.14 bits per heavy atom. The Bertz CT molecular complexity index is 551. The van der Waals surface area contributed by atoms with Gasteiger partial charge < -0.3 is 14.6 Å². The van der Waals surface area contributed by atoms with Gasteiger partial charge >= 0.3 is 5.97 Å². The van der Waals surface area contributed by atoms with Crippen molar-refractivity contribution in [2.45, 2.75) is 43.9 Å². The molecule has 1 aromatic rings. The molecule has 1 aliphatic rings. The Morgan fingerprint density at radius 3 is 2.18 bits per heavy atom. The quantitative estimate of drug-likeness (QED) is 0.894. The van der Waals surface area contributed by atoms with E-state index in [0.717, 1.165) is 19.3 Å². The third kappa shape index (κ3) is 2.74. The van der Waals surface area contributed by atoms with Crippen molar-refractivity contribution in [2.75, 3.05) is 14.2 Å². The number of halogens is 2.